The quantitative estimate of drug-likeness (QED) is 0.825. The van der Waals surface area contributed by atoms with Crippen molar-refractivity contribution in [3.8, 4) is 5.75 Å². The highest BCUT2D eigenvalue weighted by atomic mass is 16.6. The lowest BCUT2D eigenvalue weighted by Gasteiger charge is -2.35. The zero-order valence-electron chi connectivity index (χ0n) is 15.9. The number of nitrogens with zero attached hydrogens (tertiary/aromatic N) is 2. The van der Waals surface area contributed by atoms with Gasteiger partial charge in [0.2, 0.25) is 0 Å². The van der Waals surface area contributed by atoms with Crippen molar-refractivity contribution in [3.05, 3.63) is 29.3 Å². The molecule has 1 N–H and O–H groups in total. The van der Waals surface area contributed by atoms with E-state index in [9.17, 15) is 14.7 Å². The maximum absolute atomic E-state index is 12.1. The summed E-state index contributed by atoms with van der Waals surface area (Å²) in [5, 5.41) is 10.1. The van der Waals surface area contributed by atoms with E-state index in [1.807, 2.05) is 26.8 Å². The fourth-order valence-electron chi connectivity index (χ4n) is 2.77. The fraction of sp³-hybridized carbons (Fsp3) is 0.579. The number of esters is 1. The number of ether oxygens (including phenoxy) is 2. The molecule has 1 fully saturated rings. The van der Waals surface area contributed by atoms with Gasteiger partial charge in [0.1, 0.15) is 11.4 Å². The summed E-state index contributed by atoms with van der Waals surface area (Å²) < 4.78 is 10.1. The molecule has 0 bridgehead atoms. The smallest absolute Gasteiger partial charge is 0.410 e. The number of rotatable bonds is 4. The Hall–Kier alpha value is -2.28. The summed E-state index contributed by atoms with van der Waals surface area (Å²) in [6, 6.07) is 5.15. The number of phenolic OH excluding ortho intramolecular Hbond substituents is 1. The topological polar surface area (TPSA) is 79.3 Å². The first kappa shape index (κ1) is 20.0. The third-order valence-corrected chi connectivity index (χ3v) is 4.14. The van der Waals surface area contributed by atoms with E-state index in [0.717, 1.165) is 11.1 Å². The van der Waals surface area contributed by atoms with Crippen molar-refractivity contribution in [1.82, 2.24) is 9.80 Å². The zero-order chi connectivity index (χ0) is 19.3. The second-order valence-corrected chi connectivity index (χ2v) is 7.46. The van der Waals surface area contributed by atoms with Gasteiger partial charge in [-0.3, -0.25) is 9.69 Å². The van der Waals surface area contributed by atoms with Gasteiger partial charge in [-0.25, -0.2) is 4.79 Å². The predicted molar refractivity (Wildman–Crippen MR) is 96.9 cm³/mol. The summed E-state index contributed by atoms with van der Waals surface area (Å²) >= 11 is 0. The third-order valence-electron chi connectivity index (χ3n) is 4.14. The molecule has 2 rings (SSSR count). The van der Waals surface area contributed by atoms with E-state index in [2.05, 4.69) is 9.64 Å². The first-order chi connectivity index (χ1) is 12.2. The molecule has 1 aliphatic rings. The number of carbonyl (C=O) groups excluding carboxylic acids is 2. The number of aromatic hydroxyl groups is 1. The number of hydrogen-bond donors (Lipinski definition) is 1. The van der Waals surface area contributed by atoms with Gasteiger partial charge in [-0.05, 0) is 32.4 Å². The summed E-state index contributed by atoms with van der Waals surface area (Å²) in [5.74, 6) is -0.110. The van der Waals surface area contributed by atoms with E-state index in [-0.39, 0.29) is 24.2 Å². The second kappa shape index (κ2) is 8.40. The molecule has 7 nitrogen and oxygen atoms in total. The number of methoxy groups -OCH3 is 1. The fourth-order valence-corrected chi connectivity index (χ4v) is 2.77. The summed E-state index contributed by atoms with van der Waals surface area (Å²) in [4.78, 5) is 27.4. The minimum absolute atomic E-state index is 0.177. The maximum Gasteiger partial charge on any atom is 0.410 e. The molecule has 1 aliphatic heterocycles. The highest BCUT2D eigenvalue weighted by molar-refractivity contribution is 5.72. The van der Waals surface area contributed by atoms with Crippen molar-refractivity contribution >= 4 is 12.1 Å². The molecule has 0 aliphatic carbocycles. The van der Waals surface area contributed by atoms with Crippen LogP contribution in [0.25, 0.3) is 0 Å². The summed E-state index contributed by atoms with van der Waals surface area (Å²) in [5.41, 5.74) is 1.06. The SMILES string of the molecule is COC(=O)Cc1ccc(O)c(CN2CCN(C(=O)OC(C)(C)C)CC2)c1. The van der Waals surface area contributed by atoms with Crippen molar-refractivity contribution in [2.24, 2.45) is 0 Å². The zero-order valence-corrected chi connectivity index (χ0v) is 15.9. The van der Waals surface area contributed by atoms with Crippen LogP contribution in [-0.4, -0.2) is 65.9 Å². The van der Waals surface area contributed by atoms with Crippen LogP contribution in [0.2, 0.25) is 0 Å². The lowest BCUT2D eigenvalue weighted by molar-refractivity contribution is -0.139. The van der Waals surface area contributed by atoms with Crippen LogP contribution in [0.1, 0.15) is 31.9 Å². The Morgan fingerprint density at radius 3 is 2.38 bits per heavy atom. The van der Waals surface area contributed by atoms with E-state index < -0.39 is 5.60 Å². The van der Waals surface area contributed by atoms with Gasteiger partial charge >= 0.3 is 12.1 Å². The lowest BCUT2D eigenvalue weighted by Crippen LogP contribution is -2.49. The molecule has 26 heavy (non-hydrogen) atoms. The van der Waals surface area contributed by atoms with Crippen molar-refractivity contribution in [1.29, 1.82) is 0 Å². The van der Waals surface area contributed by atoms with E-state index in [4.69, 9.17) is 4.74 Å². The molecule has 0 radical (unpaired) electrons. The van der Waals surface area contributed by atoms with Gasteiger partial charge in [-0.2, -0.15) is 0 Å². The Morgan fingerprint density at radius 2 is 1.81 bits per heavy atom. The molecule has 1 aromatic rings. The number of piperazine rings is 1. The van der Waals surface area contributed by atoms with E-state index >= 15 is 0 Å². The van der Waals surface area contributed by atoms with Crippen LogP contribution in [0, 0.1) is 0 Å². The molecule has 7 heteroatoms. The molecule has 1 amide bonds. The van der Waals surface area contributed by atoms with Gasteiger partial charge in [0.15, 0.2) is 0 Å². The molecule has 0 atom stereocenters. The number of hydrogen-bond acceptors (Lipinski definition) is 6. The summed E-state index contributed by atoms with van der Waals surface area (Å²) in [6.45, 7) is 8.67. The van der Waals surface area contributed by atoms with Crippen LogP contribution >= 0.6 is 0 Å². The van der Waals surface area contributed by atoms with Crippen LogP contribution in [0.5, 0.6) is 5.75 Å². The van der Waals surface area contributed by atoms with Crippen LogP contribution in [0.4, 0.5) is 4.79 Å². The van der Waals surface area contributed by atoms with E-state index in [1.54, 1.807) is 17.0 Å². The van der Waals surface area contributed by atoms with Gasteiger partial charge in [0.05, 0.1) is 13.5 Å². The van der Waals surface area contributed by atoms with E-state index in [0.29, 0.717) is 32.7 Å². The van der Waals surface area contributed by atoms with Crippen molar-refractivity contribution in [2.45, 2.75) is 39.3 Å². The molecule has 0 spiro atoms. The van der Waals surface area contributed by atoms with Crippen LogP contribution in [0.3, 0.4) is 0 Å². The molecule has 0 saturated carbocycles. The third kappa shape index (κ3) is 5.91. The van der Waals surface area contributed by atoms with Crippen molar-refractivity contribution in [3.63, 3.8) is 0 Å². The van der Waals surface area contributed by atoms with Crippen LogP contribution < -0.4 is 0 Å². The molecular weight excluding hydrogens is 336 g/mol. The summed E-state index contributed by atoms with van der Waals surface area (Å²) in [6.07, 6.45) is -0.115. The van der Waals surface area contributed by atoms with Gasteiger partial charge in [0, 0.05) is 38.3 Å². The standard InChI is InChI=1S/C19H28N2O5/c1-19(2,3)26-18(24)21-9-7-20(8-10-21)13-15-11-14(5-6-16(15)22)12-17(23)25-4/h5-6,11,22H,7-10,12-13H2,1-4H3. The van der Waals surface area contributed by atoms with Crippen molar-refractivity contribution in [2.75, 3.05) is 33.3 Å². The molecule has 1 saturated heterocycles. The minimum atomic E-state index is -0.500. The largest absolute Gasteiger partial charge is 0.508 e. The minimum Gasteiger partial charge on any atom is -0.508 e. The highest BCUT2D eigenvalue weighted by Gasteiger charge is 2.26. The van der Waals surface area contributed by atoms with Gasteiger partial charge < -0.3 is 19.5 Å². The molecule has 0 unspecified atom stereocenters. The Morgan fingerprint density at radius 1 is 1.15 bits per heavy atom. The number of phenols is 1. The molecule has 144 valence electrons. The van der Waals surface area contributed by atoms with Gasteiger partial charge in [0.25, 0.3) is 0 Å². The van der Waals surface area contributed by atoms with Gasteiger partial charge in [-0.15, -0.1) is 0 Å². The van der Waals surface area contributed by atoms with Crippen LogP contribution in [0.15, 0.2) is 18.2 Å². The number of benzene rings is 1. The Kier molecular flexibility index (Phi) is 6.47. The Labute approximate surface area is 154 Å². The summed E-state index contributed by atoms with van der Waals surface area (Å²) in [7, 11) is 1.35. The predicted octanol–water partition coefficient (Wildman–Crippen LogP) is 2.16. The molecule has 1 aromatic carbocycles. The molecule has 1 heterocycles. The van der Waals surface area contributed by atoms with Crippen molar-refractivity contribution < 1.29 is 24.2 Å². The molecular formula is C19H28N2O5. The maximum atomic E-state index is 12.1. The average molecular weight is 364 g/mol. The number of carbonyl (C=O) groups is 2. The first-order valence-corrected chi connectivity index (χ1v) is 8.76. The first-order valence-electron chi connectivity index (χ1n) is 8.76. The average Bonchev–Trinajstić information content (AvgIpc) is 2.57. The van der Waals surface area contributed by atoms with E-state index in [1.165, 1.54) is 7.11 Å². The number of amides is 1. The Balaban J connectivity index is 1.92. The van der Waals surface area contributed by atoms with Crippen LogP contribution in [-0.2, 0) is 27.2 Å². The lowest BCUT2D eigenvalue weighted by atomic mass is 10.1. The molecule has 0 aromatic heterocycles. The normalized spacial score (nSPS) is 15.6. The second-order valence-electron chi connectivity index (χ2n) is 7.46. The monoisotopic (exact) mass is 364 g/mol. The highest BCUT2D eigenvalue weighted by Crippen LogP contribution is 2.22. The van der Waals surface area contributed by atoms with Gasteiger partial charge in [-0.1, -0.05) is 12.1 Å². The Bertz CT molecular complexity index is 646.